The molecule has 1 unspecified atom stereocenters. The van der Waals surface area contributed by atoms with E-state index in [1.165, 1.54) is 9.80 Å². The van der Waals surface area contributed by atoms with Crippen LogP contribution in [-0.2, 0) is 5.75 Å². The maximum atomic E-state index is 11.1. The number of carbonyl (C=O) groups is 1. The number of carboxylic acid groups (broad SMARTS) is 1. The van der Waals surface area contributed by atoms with Crippen LogP contribution in [0.3, 0.4) is 0 Å². The molecule has 0 aromatic carbocycles. The van der Waals surface area contributed by atoms with Crippen LogP contribution in [0.15, 0.2) is 23.2 Å². The molecule has 1 atom stereocenters. The smallest absolute Gasteiger partial charge is 0.407 e. The van der Waals surface area contributed by atoms with Crippen molar-refractivity contribution in [1.29, 1.82) is 0 Å². The zero-order valence-electron chi connectivity index (χ0n) is 15.8. The van der Waals surface area contributed by atoms with Crippen LogP contribution in [0.25, 0.3) is 0 Å². The Bertz CT molecular complexity index is 551. The van der Waals surface area contributed by atoms with Crippen molar-refractivity contribution >= 4 is 29.6 Å². The summed E-state index contributed by atoms with van der Waals surface area (Å²) in [5.41, 5.74) is 1.09. The Morgan fingerprint density at radius 3 is 2.42 bits per heavy atom. The molecule has 6 heteroatoms. The van der Waals surface area contributed by atoms with Gasteiger partial charge in [-0.2, -0.15) is 0 Å². The first kappa shape index (κ1) is 21.2. The molecule has 24 heavy (non-hydrogen) atoms. The van der Waals surface area contributed by atoms with E-state index < -0.39 is 6.09 Å². The molecular formula is C18H30N2O2S2. The molecule has 4 nitrogen and oxygen atoms in total. The molecule has 0 aliphatic heterocycles. The Labute approximate surface area is 154 Å². The minimum atomic E-state index is -0.883. The second kappa shape index (κ2) is 8.48. The molecule has 0 aliphatic rings. The van der Waals surface area contributed by atoms with Gasteiger partial charge in [0.15, 0.2) is 0 Å². The van der Waals surface area contributed by atoms with Gasteiger partial charge >= 0.3 is 6.09 Å². The van der Waals surface area contributed by atoms with E-state index in [2.05, 4.69) is 52.6 Å². The summed E-state index contributed by atoms with van der Waals surface area (Å²) in [4.78, 5) is 18.3. The fraction of sp³-hybridized carbons (Fsp3) is 0.667. The summed E-state index contributed by atoms with van der Waals surface area (Å²) in [6, 6.07) is 4.09. The maximum absolute atomic E-state index is 11.1. The van der Waals surface area contributed by atoms with Crippen molar-refractivity contribution in [2.75, 3.05) is 13.6 Å². The topological polar surface area (TPSA) is 53.4 Å². The van der Waals surface area contributed by atoms with E-state index >= 15 is 0 Å². The number of pyridine rings is 1. The third-order valence-corrected chi connectivity index (χ3v) is 6.32. The van der Waals surface area contributed by atoms with Crippen molar-refractivity contribution in [3.05, 3.63) is 24.0 Å². The van der Waals surface area contributed by atoms with Crippen LogP contribution < -0.4 is 0 Å². The molecule has 1 N–H and O–H groups in total. The SMILES string of the molecule is CN(CC(SCc1ncccc1SC(C)(C)C)C(C)(C)C)C(=O)O. The van der Waals surface area contributed by atoms with E-state index in [9.17, 15) is 4.79 Å². The van der Waals surface area contributed by atoms with Gasteiger partial charge in [-0.25, -0.2) is 4.79 Å². The van der Waals surface area contributed by atoms with Gasteiger partial charge in [0.2, 0.25) is 0 Å². The lowest BCUT2D eigenvalue weighted by molar-refractivity contribution is 0.151. The average molecular weight is 371 g/mol. The number of hydrogen-bond donors (Lipinski definition) is 1. The van der Waals surface area contributed by atoms with Crippen LogP contribution in [-0.4, -0.2) is 44.7 Å². The monoisotopic (exact) mass is 370 g/mol. The first-order chi connectivity index (χ1) is 10.9. The zero-order chi connectivity index (χ0) is 18.5. The van der Waals surface area contributed by atoms with E-state index in [-0.39, 0.29) is 15.4 Å². The second-order valence-electron chi connectivity index (χ2n) is 7.99. The molecule has 1 aromatic heterocycles. The van der Waals surface area contributed by atoms with Crippen LogP contribution in [0.2, 0.25) is 0 Å². The van der Waals surface area contributed by atoms with Gasteiger partial charge in [0.05, 0.1) is 5.69 Å². The third-order valence-electron chi connectivity index (χ3n) is 3.42. The molecule has 0 aliphatic carbocycles. The number of thioether (sulfide) groups is 2. The van der Waals surface area contributed by atoms with Gasteiger partial charge in [-0.05, 0) is 17.5 Å². The van der Waals surface area contributed by atoms with Crippen molar-refractivity contribution in [2.24, 2.45) is 5.41 Å². The quantitative estimate of drug-likeness (QED) is 0.695. The van der Waals surface area contributed by atoms with Crippen LogP contribution in [0.4, 0.5) is 4.79 Å². The number of hydrogen-bond acceptors (Lipinski definition) is 4. The maximum Gasteiger partial charge on any atom is 0.407 e. The third kappa shape index (κ3) is 7.34. The number of nitrogens with zero attached hydrogens (tertiary/aromatic N) is 2. The second-order valence-corrected chi connectivity index (χ2v) is 11.1. The Hall–Kier alpha value is -0.880. The van der Waals surface area contributed by atoms with Gasteiger partial charge in [-0.15, -0.1) is 23.5 Å². The standard InChI is InChI=1S/C18H30N2O2S2/c1-17(2,3)15(11-20(7)16(21)22)23-12-13-14(9-8-10-19-13)24-18(4,5)6/h8-10,15H,11-12H2,1-7H3,(H,21,22). The first-order valence-electron chi connectivity index (χ1n) is 8.09. The van der Waals surface area contributed by atoms with E-state index in [0.29, 0.717) is 6.54 Å². The summed E-state index contributed by atoms with van der Waals surface area (Å²) in [5, 5.41) is 9.36. The Morgan fingerprint density at radius 2 is 1.92 bits per heavy atom. The Balaban J connectivity index is 2.86. The molecule has 0 bridgehead atoms. The molecular weight excluding hydrogens is 340 g/mol. The van der Waals surface area contributed by atoms with E-state index in [0.717, 1.165) is 11.4 Å². The summed E-state index contributed by atoms with van der Waals surface area (Å²) in [6.45, 7) is 13.6. The molecule has 1 aromatic rings. The summed E-state index contributed by atoms with van der Waals surface area (Å²) in [6.07, 6.45) is 0.949. The molecule has 0 spiro atoms. The highest BCUT2D eigenvalue weighted by Gasteiger charge is 2.28. The fourth-order valence-corrected chi connectivity index (χ4v) is 4.60. The summed E-state index contributed by atoms with van der Waals surface area (Å²) < 4.78 is 0.134. The van der Waals surface area contributed by atoms with Crippen LogP contribution >= 0.6 is 23.5 Å². The van der Waals surface area contributed by atoms with Gasteiger partial charge in [-0.3, -0.25) is 4.98 Å². The number of rotatable bonds is 6. The van der Waals surface area contributed by atoms with Gasteiger partial charge in [0.1, 0.15) is 0 Å². The predicted molar refractivity (Wildman–Crippen MR) is 105 cm³/mol. The lowest BCUT2D eigenvalue weighted by Gasteiger charge is -2.33. The molecule has 1 rings (SSSR count). The normalized spacial score (nSPS) is 13.6. The van der Waals surface area contributed by atoms with Crippen LogP contribution in [0.1, 0.15) is 47.2 Å². The predicted octanol–water partition coefficient (Wildman–Crippen LogP) is 5.23. The highest BCUT2D eigenvalue weighted by Crippen LogP contribution is 2.37. The van der Waals surface area contributed by atoms with Crippen molar-refractivity contribution in [3.8, 4) is 0 Å². The summed E-state index contributed by atoms with van der Waals surface area (Å²) >= 11 is 3.61. The average Bonchev–Trinajstić information content (AvgIpc) is 2.41. The van der Waals surface area contributed by atoms with Crippen LogP contribution in [0, 0.1) is 5.41 Å². The van der Waals surface area contributed by atoms with Gasteiger partial charge in [0, 0.05) is 40.4 Å². The van der Waals surface area contributed by atoms with Crippen molar-refractivity contribution in [1.82, 2.24) is 9.88 Å². The fourth-order valence-electron chi connectivity index (χ4n) is 2.04. The molecule has 0 saturated heterocycles. The lowest BCUT2D eigenvalue weighted by atomic mass is 9.91. The lowest BCUT2D eigenvalue weighted by Crippen LogP contribution is -2.38. The van der Waals surface area contributed by atoms with E-state index in [1.807, 2.05) is 24.0 Å². The van der Waals surface area contributed by atoms with Gasteiger partial charge in [0.25, 0.3) is 0 Å². The van der Waals surface area contributed by atoms with Crippen molar-refractivity contribution in [3.63, 3.8) is 0 Å². The van der Waals surface area contributed by atoms with E-state index in [4.69, 9.17) is 5.11 Å². The largest absolute Gasteiger partial charge is 0.465 e. The first-order valence-corrected chi connectivity index (χ1v) is 9.95. The highest BCUT2D eigenvalue weighted by atomic mass is 32.2. The molecule has 0 radical (unpaired) electrons. The minimum Gasteiger partial charge on any atom is -0.465 e. The molecule has 1 amide bonds. The summed E-state index contributed by atoms with van der Waals surface area (Å²) in [7, 11) is 1.63. The minimum absolute atomic E-state index is 0.0144. The van der Waals surface area contributed by atoms with Crippen molar-refractivity contribution < 1.29 is 9.90 Å². The van der Waals surface area contributed by atoms with Gasteiger partial charge < -0.3 is 10.0 Å². The highest BCUT2D eigenvalue weighted by molar-refractivity contribution is 8.01. The van der Waals surface area contributed by atoms with E-state index in [1.54, 1.807) is 18.8 Å². The van der Waals surface area contributed by atoms with Gasteiger partial charge in [-0.1, -0.05) is 41.5 Å². The Kier molecular flexibility index (Phi) is 7.47. The van der Waals surface area contributed by atoms with Crippen molar-refractivity contribution in [2.45, 2.75) is 62.2 Å². The molecule has 1 heterocycles. The Morgan fingerprint density at radius 1 is 1.29 bits per heavy atom. The number of amides is 1. The summed E-state index contributed by atoms with van der Waals surface area (Å²) in [5.74, 6) is 0.786. The molecule has 136 valence electrons. The zero-order valence-corrected chi connectivity index (χ0v) is 17.4. The molecule has 0 fully saturated rings. The number of aromatic nitrogens is 1. The van der Waals surface area contributed by atoms with Crippen LogP contribution in [0.5, 0.6) is 0 Å². The molecule has 0 saturated carbocycles.